The molecule has 0 aliphatic carbocycles. The molecule has 0 aromatic carbocycles. The van der Waals surface area contributed by atoms with Crippen molar-refractivity contribution in [1.82, 2.24) is 5.32 Å². The Morgan fingerprint density at radius 3 is 2.29 bits per heavy atom. The maximum Gasteiger partial charge on any atom is 0.408 e. The molecule has 0 aromatic heterocycles. The first-order valence-corrected chi connectivity index (χ1v) is 7.46. The van der Waals surface area contributed by atoms with E-state index in [0.29, 0.717) is 0 Å². The predicted octanol–water partition coefficient (Wildman–Crippen LogP) is -1.19. The van der Waals surface area contributed by atoms with E-state index < -0.39 is 61.0 Å². The number of hydrogen-bond acceptors (Lipinski definition) is 8. The Balaban J connectivity index is 2.84. The summed E-state index contributed by atoms with van der Waals surface area (Å²) in [5.74, 6) is -1.28. The van der Waals surface area contributed by atoms with Gasteiger partial charge in [-0.15, -0.1) is 0 Å². The number of aliphatic hydroxyl groups is 3. The molecule has 140 valence electrons. The minimum absolute atomic E-state index is 0.592. The number of carboxylic acids is 1. The first-order chi connectivity index (χ1) is 11.0. The van der Waals surface area contributed by atoms with Crippen LogP contribution in [0.1, 0.15) is 27.7 Å². The van der Waals surface area contributed by atoms with Crippen molar-refractivity contribution in [2.24, 2.45) is 0 Å². The van der Waals surface area contributed by atoms with Gasteiger partial charge < -0.3 is 40.0 Å². The summed E-state index contributed by atoms with van der Waals surface area (Å²) >= 11 is 0. The van der Waals surface area contributed by atoms with Gasteiger partial charge in [0.15, 0.2) is 12.4 Å². The molecule has 6 atom stereocenters. The van der Waals surface area contributed by atoms with Crippen LogP contribution in [0.5, 0.6) is 0 Å². The fraction of sp³-hybridized carbons (Fsp3) is 0.857. The Bertz CT molecular complexity index is 450. The molecule has 0 spiro atoms. The van der Waals surface area contributed by atoms with Crippen molar-refractivity contribution in [2.75, 3.05) is 6.61 Å². The maximum absolute atomic E-state index is 11.7. The van der Waals surface area contributed by atoms with Gasteiger partial charge in [-0.2, -0.15) is 0 Å². The second-order valence-electron chi connectivity index (χ2n) is 6.51. The van der Waals surface area contributed by atoms with E-state index in [0.717, 1.165) is 0 Å². The lowest BCUT2D eigenvalue weighted by atomic mass is 9.98. The number of hydrogen-bond donors (Lipinski definition) is 5. The topological polar surface area (TPSA) is 155 Å². The molecule has 0 saturated carbocycles. The normalized spacial score (nSPS) is 32.0. The van der Waals surface area contributed by atoms with Crippen molar-refractivity contribution in [3.05, 3.63) is 0 Å². The Labute approximate surface area is 139 Å². The summed E-state index contributed by atoms with van der Waals surface area (Å²) in [6, 6.07) is -1.22. The van der Waals surface area contributed by atoms with Gasteiger partial charge in [0.25, 0.3) is 0 Å². The lowest BCUT2D eigenvalue weighted by molar-refractivity contribution is -0.320. The molecule has 1 fully saturated rings. The minimum Gasteiger partial charge on any atom is -0.480 e. The zero-order chi connectivity index (χ0) is 18.7. The standard InChI is InChI=1S/C14H25NO9/c1-6(11(19)20)15-13(21)23-10-8(17)7(5-16)22-12(9(10)18)24-14(2,3)4/h6-10,12,16-18H,5H2,1-4H3,(H,15,21)(H,19,20)/t6-,7?,8+,9?,10?,12+/m0/s1. The van der Waals surface area contributed by atoms with Crippen molar-refractivity contribution in [3.63, 3.8) is 0 Å². The van der Waals surface area contributed by atoms with Gasteiger partial charge in [0.1, 0.15) is 24.4 Å². The quantitative estimate of drug-likeness (QED) is 0.411. The maximum atomic E-state index is 11.7. The SMILES string of the molecule is C[C@H](NC(=O)OC1C(O)[C@@H](OC(C)(C)C)OC(CO)[C@H]1O)C(=O)O. The number of carbonyl (C=O) groups excluding carboxylic acids is 1. The van der Waals surface area contributed by atoms with Crippen LogP contribution in [0.25, 0.3) is 0 Å². The van der Waals surface area contributed by atoms with Crippen molar-refractivity contribution < 1.29 is 44.2 Å². The van der Waals surface area contributed by atoms with Crippen LogP contribution in [0.15, 0.2) is 0 Å². The summed E-state index contributed by atoms with van der Waals surface area (Å²) in [5, 5.41) is 40.4. The van der Waals surface area contributed by atoms with Gasteiger partial charge in [-0.3, -0.25) is 4.79 Å². The number of amides is 1. The molecular weight excluding hydrogens is 326 g/mol. The van der Waals surface area contributed by atoms with Gasteiger partial charge in [-0.1, -0.05) is 0 Å². The average Bonchev–Trinajstić information content (AvgIpc) is 2.45. The van der Waals surface area contributed by atoms with E-state index in [4.69, 9.17) is 19.3 Å². The third-order valence-electron chi connectivity index (χ3n) is 3.24. The van der Waals surface area contributed by atoms with Crippen LogP contribution in [0.3, 0.4) is 0 Å². The summed E-state index contributed by atoms with van der Waals surface area (Å²) in [4.78, 5) is 22.5. The second kappa shape index (κ2) is 8.08. The number of alkyl carbamates (subject to hydrolysis) is 1. The number of nitrogens with one attached hydrogen (secondary N) is 1. The second-order valence-corrected chi connectivity index (χ2v) is 6.51. The van der Waals surface area contributed by atoms with E-state index in [1.807, 2.05) is 5.32 Å². The molecule has 10 heteroatoms. The van der Waals surface area contributed by atoms with Crippen molar-refractivity contribution in [3.8, 4) is 0 Å². The van der Waals surface area contributed by atoms with Crippen molar-refractivity contribution in [2.45, 2.75) is 70.0 Å². The van der Waals surface area contributed by atoms with E-state index in [-0.39, 0.29) is 0 Å². The highest BCUT2D eigenvalue weighted by molar-refractivity contribution is 5.79. The van der Waals surface area contributed by atoms with Gasteiger partial charge in [0, 0.05) is 0 Å². The number of aliphatic hydroxyl groups excluding tert-OH is 3. The molecule has 0 aromatic rings. The Kier molecular flexibility index (Phi) is 6.93. The first-order valence-electron chi connectivity index (χ1n) is 7.46. The van der Waals surface area contributed by atoms with Crippen molar-refractivity contribution >= 4 is 12.1 Å². The van der Waals surface area contributed by atoms with Gasteiger partial charge in [-0.25, -0.2) is 4.79 Å². The molecule has 1 amide bonds. The molecule has 24 heavy (non-hydrogen) atoms. The highest BCUT2D eigenvalue weighted by atomic mass is 16.7. The van der Waals surface area contributed by atoms with Crippen LogP contribution in [-0.2, 0) is 19.0 Å². The molecule has 1 saturated heterocycles. The number of carbonyl (C=O) groups is 2. The monoisotopic (exact) mass is 351 g/mol. The molecule has 1 aliphatic rings. The summed E-state index contributed by atoms with van der Waals surface area (Å²) in [6.45, 7) is 5.75. The van der Waals surface area contributed by atoms with Gasteiger partial charge in [0.2, 0.25) is 0 Å². The zero-order valence-corrected chi connectivity index (χ0v) is 14.0. The molecule has 1 rings (SSSR count). The van der Waals surface area contributed by atoms with Crippen LogP contribution in [0.2, 0.25) is 0 Å². The van der Waals surface area contributed by atoms with Gasteiger partial charge >= 0.3 is 12.1 Å². The molecular formula is C14H25NO9. The Morgan fingerprint density at radius 1 is 1.25 bits per heavy atom. The fourth-order valence-corrected chi connectivity index (χ4v) is 2.03. The zero-order valence-electron chi connectivity index (χ0n) is 14.0. The Morgan fingerprint density at radius 2 is 1.83 bits per heavy atom. The third kappa shape index (κ3) is 5.56. The molecule has 0 bridgehead atoms. The van der Waals surface area contributed by atoms with E-state index in [1.165, 1.54) is 6.92 Å². The Hall–Kier alpha value is -1.46. The molecule has 0 radical (unpaired) electrons. The summed E-state index contributed by atoms with van der Waals surface area (Å²) in [7, 11) is 0. The number of ether oxygens (including phenoxy) is 3. The molecule has 1 heterocycles. The smallest absolute Gasteiger partial charge is 0.408 e. The number of carboxylic acid groups (broad SMARTS) is 1. The summed E-state index contributed by atoms with van der Waals surface area (Å²) in [5.41, 5.74) is -0.710. The lowest BCUT2D eigenvalue weighted by Gasteiger charge is -2.43. The predicted molar refractivity (Wildman–Crippen MR) is 79.1 cm³/mol. The summed E-state index contributed by atoms with van der Waals surface area (Å²) < 4.78 is 15.7. The third-order valence-corrected chi connectivity index (χ3v) is 3.24. The molecule has 5 N–H and O–H groups in total. The van der Waals surface area contributed by atoms with E-state index in [9.17, 15) is 24.9 Å². The lowest BCUT2D eigenvalue weighted by Crippen LogP contribution is -2.62. The first kappa shape index (κ1) is 20.6. The van der Waals surface area contributed by atoms with E-state index >= 15 is 0 Å². The van der Waals surface area contributed by atoms with Crippen LogP contribution in [0.4, 0.5) is 4.79 Å². The van der Waals surface area contributed by atoms with Crippen LogP contribution >= 0.6 is 0 Å². The van der Waals surface area contributed by atoms with E-state index in [2.05, 4.69) is 0 Å². The molecule has 3 unspecified atom stereocenters. The molecule has 10 nitrogen and oxygen atoms in total. The summed E-state index contributed by atoms with van der Waals surface area (Å²) in [6.07, 6.45) is -8.05. The van der Waals surface area contributed by atoms with Crippen LogP contribution in [-0.4, -0.2) is 81.4 Å². The highest BCUT2D eigenvalue weighted by Gasteiger charge is 2.48. The van der Waals surface area contributed by atoms with Gasteiger partial charge in [0.05, 0.1) is 12.2 Å². The molecule has 1 aliphatic heterocycles. The fourth-order valence-electron chi connectivity index (χ4n) is 2.03. The minimum atomic E-state index is -1.53. The van der Waals surface area contributed by atoms with E-state index in [1.54, 1.807) is 20.8 Å². The largest absolute Gasteiger partial charge is 0.480 e. The van der Waals surface area contributed by atoms with Crippen molar-refractivity contribution in [1.29, 1.82) is 0 Å². The average molecular weight is 351 g/mol. The number of rotatable bonds is 5. The van der Waals surface area contributed by atoms with Crippen LogP contribution in [0, 0.1) is 0 Å². The van der Waals surface area contributed by atoms with Gasteiger partial charge in [-0.05, 0) is 27.7 Å². The highest BCUT2D eigenvalue weighted by Crippen LogP contribution is 2.27. The number of aliphatic carboxylic acids is 1. The van der Waals surface area contributed by atoms with Crippen LogP contribution < -0.4 is 5.32 Å².